The van der Waals surface area contributed by atoms with Crippen LogP contribution >= 0.6 is 31.9 Å². The molecule has 0 radical (unpaired) electrons. The van der Waals surface area contributed by atoms with Gasteiger partial charge < -0.3 is 9.15 Å². The zero-order chi connectivity index (χ0) is 16.9. The first-order valence-corrected chi connectivity index (χ1v) is 8.24. The normalized spacial score (nSPS) is 11.2. The third-order valence-electron chi connectivity index (χ3n) is 3.63. The molecular weight excluding hydrogens is 430 g/mol. The Hall–Kier alpha value is -1.73. The van der Waals surface area contributed by atoms with Gasteiger partial charge in [-0.05, 0) is 41.9 Å². The van der Waals surface area contributed by atoms with Gasteiger partial charge in [-0.15, -0.1) is 0 Å². The Kier molecular flexibility index (Phi) is 4.01. The van der Waals surface area contributed by atoms with E-state index in [9.17, 15) is 9.59 Å². The number of benzene rings is 1. The van der Waals surface area contributed by atoms with E-state index in [1.807, 2.05) is 0 Å². The molecule has 118 valence electrons. The number of aromatic nitrogens is 1. The van der Waals surface area contributed by atoms with Crippen molar-refractivity contribution >= 4 is 59.6 Å². The predicted molar refractivity (Wildman–Crippen MR) is 94.0 cm³/mol. The van der Waals surface area contributed by atoms with Crippen molar-refractivity contribution in [2.75, 3.05) is 7.11 Å². The zero-order valence-electron chi connectivity index (χ0n) is 12.5. The van der Waals surface area contributed by atoms with Gasteiger partial charge in [-0.1, -0.05) is 15.9 Å². The number of ether oxygens (including phenoxy) is 1. The molecule has 1 aromatic carbocycles. The third kappa shape index (κ3) is 2.48. The molecule has 0 saturated heterocycles. The number of fused-ring (bicyclic) bond motifs is 3. The minimum atomic E-state index is -0.539. The number of rotatable bonds is 1. The van der Waals surface area contributed by atoms with Crippen LogP contribution in [0.4, 0.5) is 0 Å². The smallest absolute Gasteiger partial charge is 0.346 e. The lowest BCUT2D eigenvalue weighted by Crippen LogP contribution is -2.12. The molecule has 7 heteroatoms. The molecule has 0 amide bonds. The monoisotopic (exact) mass is 439 g/mol. The van der Waals surface area contributed by atoms with Crippen LogP contribution in [0.1, 0.15) is 21.7 Å². The quantitative estimate of drug-likeness (QED) is 0.321. The third-order valence-corrected chi connectivity index (χ3v) is 4.67. The molecule has 5 nitrogen and oxygen atoms in total. The molecule has 0 atom stereocenters. The van der Waals surface area contributed by atoms with Crippen LogP contribution in [0.15, 0.2) is 30.3 Å². The summed E-state index contributed by atoms with van der Waals surface area (Å²) in [4.78, 5) is 29.0. The van der Waals surface area contributed by atoms with E-state index in [4.69, 9.17) is 9.15 Å². The molecule has 0 N–H and O–H groups in total. The van der Waals surface area contributed by atoms with Crippen molar-refractivity contribution < 1.29 is 13.9 Å². The highest BCUT2D eigenvalue weighted by Gasteiger charge is 2.23. The van der Waals surface area contributed by atoms with E-state index >= 15 is 0 Å². The minimum absolute atomic E-state index is 0.274. The number of esters is 1. The summed E-state index contributed by atoms with van der Waals surface area (Å²) >= 11 is 6.81. The summed E-state index contributed by atoms with van der Waals surface area (Å²) in [6.45, 7) is 3.43. The number of hydrogen-bond acceptors (Lipinski definition) is 5. The first kappa shape index (κ1) is 16.1. The Labute approximate surface area is 147 Å². The van der Waals surface area contributed by atoms with Gasteiger partial charge in [0.1, 0.15) is 0 Å². The lowest BCUT2D eigenvalue weighted by Gasteiger charge is -2.12. The lowest BCUT2D eigenvalue weighted by atomic mass is 10.00. The number of hydrogen-bond donors (Lipinski definition) is 0. The topological polar surface area (TPSA) is 69.4 Å². The summed E-state index contributed by atoms with van der Waals surface area (Å²) in [6, 6.07) is 3.58. The summed E-state index contributed by atoms with van der Waals surface area (Å²) in [6.07, 6.45) is 0. The molecule has 2 aromatic heterocycles. The van der Waals surface area contributed by atoms with Gasteiger partial charge in [0.05, 0.1) is 33.9 Å². The molecule has 2 heterocycles. The second kappa shape index (κ2) is 5.72. The second-order valence-electron chi connectivity index (χ2n) is 5.05. The van der Waals surface area contributed by atoms with Gasteiger partial charge in [-0.2, -0.15) is 0 Å². The number of carbonyl (C=O) groups excluding carboxylic acids is 1. The van der Waals surface area contributed by atoms with Crippen molar-refractivity contribution in [2.24, 2.45) is 0 Å². The molecule has 0 aliphatic carbocycles. The van der Waals surface area contributed by atoms with Gasteiger partial charge in [0.25, 0.3) is 0 Å². The van der Waals surface area contributed by atoms with Crippen LogP contribution in [0.3, 0.4) is 0 Å². The molecule has 0 aliphatic rings. The number of halogens is 2. The highest BCUT2D eigenvalue weighted by molar-refractivity contribution is 9.11. The summed E-state index contributed by atoms with van der Waals surface area (Å²) in [5.74, 6) is -0.539. The Morgan fingerprint density at radius 3 is 2.52 bits per heavy atom. The maximum Gasteiger partial charge on any atom is 0.346 e. The van der Waals surface area contributed by atoms with Crippen molar-refractivity contribution in [1.82, 2.24) is 4.98 Å². The van der Waals surface area contributed by atoms with Crippen LogP contribution in [0, 0.1) is 13.8 Å². The van der Waals surface area contributed by atoms with Gasteiger partial charge >= 0.3 is 11.6 Å². The number of methoxy groups -OCH3 is 1. The summed E-state index contributed by atoms with van der Waals surface area (Å²) in [5, 5.41) is 1.42. The fourth-order valence-electron chi connectivity index (χ4n) is 2.71. The Balaban J connectivity index is 2.73. The van der Waals surface area contributed by atoms with Gasteiger partial charge in [0.2, 0.25) is 0 Å². The summed E-state index contributed by atoms with van der Waals surface area (Å²) < 4.78 is 11.7. The number of carbonyl (C=O) groups is 1. The fourth-order valence-corrected chi connectivity index (χ4v) is 4.02. The maximum atomic E-state index is 12.4. The largest absolute Gasteiger partial charge is 0.465 e. The molecular formula is C16H11Br2NO4. The first-order valence-electron chi connectivity index (χ1n) is 6.66. The first-order chi connectivity index (χ1) is 10.8. The number of aryl methyl sites for hydroxylation is 2. The predicted octanol–water partition coefficient (Wildman–Crippen LogP) is 4.27. The van der Waals surface area contributed by atoms with Crippen molar-refractivity contribution in [3.05, 3.63) is 48.4 Å². The van der Waals surface area contributed by atoms with Crippen LogP contribution in [-0.4, -0.2) is 18.1 Å². The van der Waals surface area contributed by atoms with E-state index in [1.165, 1.54) is 7.11 Å². The van der Waals surface area contributed by atoms with E-state index in [0.717, 1.165) is 4.47 Å². The Morgan fingerprint density at radius 2 is 1.87 bits per heavy atom. The van der Waals surface area contributed by atoms with E-state index in [2.05, 4.69) is 36.8 Å². The molecule has 0 bridgehead atoms. The standard InChI is InChI=1S/C16H11Br2NO4/c1-6-11(15(20)22-3)13-9-4-8(17)5-10(18)14(9)23-16(21)12(13)7(2)19-6/h4-5H,1-3H3. The van der Waals surface area contributed by atoms with Crippen molar-refractivity contribution in [3.63, 3.8) is 0 Å². The van der Waals surface area contributed by atoms with Gasteiger partial charge in [0.15, 0.2) is 5.58 Å². The summed E-state index contributed by atoms with van der Waals surface area (Å²) in [5.41, 5.74) is 1.13. The maximum absolute atomic E-state index is 12.4. The number of nitrogens with zero attached hydrogens (tertiary/aromatic N) is 1. The van der Waals surface area contributed by atoms with E-state index in [1.54, 1.807) is 26.0 Å². The van der Waals surface area contributed by atoms with Crippen LogP contribution in [-0.2, 0) is 4.74 Å². The molecule has 23 heavy (non-hydrogen) atoms. The van der Waals surface area contributed by atoms with Crippen LogP contribution in [0.5, 0.6) is 0 Å². The Bertz CT molecular complexity index is 1040. The zero-order valence-corrected chi connectivity index (χ0v) is 15.7. The molecule has 0 unspecified atom stereocenters. The van der Waals surface area contributed by atoms with E-state index < -0.39 is 11.6 Å². The van der Waals surface area contributed by atoms with Gasteiger partial charge in [-0.3, -0.25) is 4.98 Å². The molecule has 0 aliphatic heterocycles. The fraction of sp³-hybridized carbons (Fsp3) is 0.188. The minimum Gasteiger partial charge on any atom is -0.465 e. The van der Waals surface area contributed by atoms with Crippen LogP contribution < -0.4 is 5.63 Å². The molecule has 3 rings (SSSR count). The van der Waals surface area contributed by atoms with Crippen molar-refractivity contribution in [1.29, 1.82) is 0 Å². The van der Waals surface area contributed by atoms with Crippen LogP contribution in [0.25, 0.3) is 21.7 Å². The molecule has 3 aromatic rings. The Morgan fingerprint density at radius 1 is 1.17 bits per heavy atom. The SMILES string of the molecule is COC(=O)c1c(C)nc(C)c2c(=O)oc3c(Br)cc(Br)cc3c12. The van der Waals surface area contributed by atoms with Crippen molar-refractivity contribution in [2.45, 2.75) is 13.8 Å². The second-order valence-corrected chi connectivity index (χ2v) is 6.82. The highest BCUT2D eigenvalue weighted by Crippen LogP contribution is 2.35. The number of pyridine rings is 1. The summed E-state index contributed by atoms with van der Waals surface area (Å²) in [7, 11) is 1.30. The average Bonchev–Trinajstić information content (AvgIpc) is 2.47. The molecule has 0 spiro atoms. The lowest BCUT2D eigenvalue weighted by molar-refractivity contribution is 0.0602. The van der Waals surface area contributed by atoms with Gasteiger partial charge in [-0.25, -0.2) is 9.59 Å². The molecule has 0 saturated carbocycles. The average molecular weight is 441 g/mol. The van der Waals surface area contributed by atoms with Crippen LogP contribution in [0.2, 0.25) is 0 Å². The molecule has 0 fully saturated rings. The van der Waals surface area contributed by atoms with E-state index in [0.29, 0.717) is 32.2 Å². The van der Waals surface area contributed by atoms with Crippen molar-refractivity contribution in [3.8, 4) is 0 Å². The van der Waals surface area contributed by atoms with Gasteiger partial charge in [0, 0.05) is 15.2 Å². The van der Waals surface area contributed by atoms with E-state index in [-0.39, 0.29) is 10.9 Å². The highest BCUT2D eigenvalue weighted by atomic mass is 79.9.